The molecule has 3 nitrogen and oxygen atoms in total. The first-order valence-corrected chi connectivity index (χ1v) is 20.2. The Bertz CT molecular complexity index is 4000. The topological polar surface area (TPSA) is 38.9 Å². The van der Waals surface area contributed by atoms with Gasteiger partial charge in [-0.05, 0) is 78.8 Å². The number of hydrogen-bond acceptors (Lipinski definition) is 3. The summed E-state index contributed by atoms with van der Waals surface area (Å²) in [6.45, 7) is 0. The van der Waals surface area contributed by atoms with Crippen LogP contribution < -0.4 is 0 Å². The number of furan rings is 1. The van der Waals surface area contributed by atoms with Gasteiger partial charge in [0.2, 0.25) is 0 Å². The fourth-order valence-electron chi connectivity index (χ4n) is 8.85. The molecule has 0 amide bonds. The van der Waals surface area contributed by atoms with Gasteiger partial charge in [0.15, 0.2) is 0 Å². The molecule has 0 radical (unpaired) electrons. The quantitative estimate of drug-likeness (QED) is 0.158. The molecule has 9 aromatic carbocycles. The highest BCUT2D eigenvalue weighted by Gasteiger charge is 2.27. The molecule has 3 heteroatoms. The maximum atomic E-state index is 9.78. The smallest absolute Gasteiger partial charge is 0.143 e. The van der Waals surface area contributed by atoms with Crippen molar-refractivity contribution in [1.29, 1.82) is 0 Å². The zero-order valence-corrected chi connectivity index (χ0v) is 32.6. The molecule has 284 valence electrons. The lowest BCUT2D eigenvalue weighted by Gasteiger charge is -2.14. The van der Waals surface area contributed by atoms with E-state index in [1.165, 1.54) is 0 Å². The third-order valence-corrected chi connectivity index (χ3v) is 11.6. The first-order chi connectivity index (χ1) is 32.8. The van der Waals surface area contributed by atoms with E-state index in [2.05, 4.69) is 59.6 Å². The van der Waals surface area contributed by atoms with E-state index in [0.29, 0.717) is 33.8 Å². The Hall–Kier alpha value is -8.14. The Kier molecular flexibility index (Phi) is 6.83. The van der Waals surface area contributed by atoms with E-state index < -0.39 is 12.1 Å². The van der Waals surface area contributed by atoms with Gasteiger partial charge >= 0.3 is 0 Å². The zero-order valence-electron chi connectivity index (χ0n) is 38.6. The number of benzene rings is 9. The minimum Gasteiger partial charge on any atom is -0.455 e. The Morgan fingerprint density at radius 3 is 1.80 bits per heavy atom. The molecule has 0 bridgehead atoms. The zero-order chi connectivity index (χ0) is 45.5. The van der Waals surface area contributed by atoms with Gasteiger partial charge in [-0.2, -0.15) is 0 Å². The molecule has 0 saturated carbocycles. The molecule has 61 heavy (non-hydrogen) atoms. The number of pyridine rings is 2. The summed E-state index contributed by atoms with van der Waals surface area (Å²) in [5.41, 5.74) is 7.63. The molecular weight excluding hydrogens is 741 g/mol. The number of rotatable bonds is 6. The summed E-state index contributed by atoms with van der Waals surface area (Å²) in [4.78, 5) is 9.63. The summed E-state index contributed by atoms with van der Waals surface area (Å²) in [5, 5.41) is 6.34. The molecule has 0 aliphatic carbocycles. The highest BCUT2D eigenvalue weighted by atomic mass is 16.3. The van der Waals surface area contributed by atoms with Crippen LogP contribution in [0.4, 0.5) is 0 Å². The maximum Gasteiger partial charge on any atom is 0.143 e. The van der Waals surface area contributed by atoms with Crippen molar-refractivity contribution in [3.05, 3.63) is 218 Å². The normalized spacial score (nSPS) is 13.0. The van der Waals surface area contributed by atoms with Crippen LogP contribution in [0.15, 0.2) is 223 Å². The summed E-state index contributed by atoms with van der Waals surface area (Å²) in [6.07, 6.45) is 1.70. The first kappa shape index (κ1) is 29.1. The van der Waals surface area contributed by atoms with E-state index >= 15 is 0 Å². The lowest BCUT2D eigenvalue weighted by atomic mass is 9.87. The molecule has 0 spiro atoms. The highest BCUT2D eigenvalue weighted by molar-refractivity contribution is 6.16. The van der Waals surface area contributed by atoms with Crippen LogP contribution in [0.3, 0.4) is 0 Å². The molecular formula is C58H36N2O. The standard InChI is InChI=1S/C58H36N2O/c1-3-15-37(16-4-1)53-54(57(40-17-5-2-6-18-40)61-58(53)51-36-42-19-7-8-23-44(42)46-24-10-12-27-49(46)51)43-21-13-20-41(35-43)45-31-32-50(48-26-11-9-25-47(45)48)52-33-30-39-29-28-38-22-14-34-59-55(38)56(39)60-52/h1-36H/i9D,11D,25D,26D,31D,32D. The van der Waals surface area contributed by atoms with Gasteiger partial charge in [0.1, 0.15) is 11.5 Å². The Labute approximate surface area is 361 Å². The van der Waals surface area contributed by atoms with Crippen LogP contribution in [0.2, 0.25) is 0 Å². The van der Waals surface area contributed by atoms with Crippen LogP contribution >= 0.6 is 0 Å². The molecule has 3 aromatic heterocycles. The van der Waals surface area contributed by atoms with Gasteiger partial charge in [-0.3, -0.25) is 4.98 Å². The number of aromatic nitrogens is 2. The van der Waals surface area contributed by atoms with Crippen LogP contribution in [-0.2, 0) is 0 Å². The van der Waals surface area contributed by atoms with E-state index in [1.807, 2.05) is 115 Å². The van der Waals surface area contributed by atoms with Crippen molar-refractivity contribution < 1.29 is 12.6 Å². The lowest BCUT2D eigenvalue weighted by molar-refractivity contribution is 0.599. The second kappa shape index (κ2) is 14.3. The summed E-state index contributed by atoms with van der Waals surface area (Å²) in [6, 6.07) is 56.3. The maximum absolute atomic E-state index is 9.78. The monoisotopic (exact) mass is 782 g/mol. The van der Waals surface area contributed by atoms with Gasteiger partial charge in [-0.25, -0.2) is 4.98 Å². The molecule has 12 aromatic rings. The van der Waals surface area contributed by atoms with E-state index in [9.17, 15) is 5.48 Å². The summed E-state index contributed by atoms with van der Waals surface area (Å²) in [7, 11) is 0. The van der Waals surface area contributed by atoms with Gasteiger partial charge in [0, 0.05) is 44.8 Å². The van der Waals surface area contributed by atoms with E-state index in [0.717, 1.165) is 65.7 Å². The van der Waals surface area contributed by atoms with Crippen molar-refractivity contribution in [2.24, 2.45) is 0 Å². The highest BCUT2D eigenvalue weighted by Crippen LogP contribution is 2.51. The molecule has 3 heterocycles. The van der Waals surface area contributed by atoms with Crippen molar-refractivity contribution in [3.8, 4) is 67.3 Å². The van der Waals surface area contributed by atoms with E-state index in [-0.39, 0.29) is 46.1 Å². The summed E-state index contributed by atoms with van der Waals surface area (Å²) < 4.78 is 63.3. The van der Waals surface area contributed by atoms with Gasteiger partial charge in [0.05, 0.1) is 25.0 Å². The fraction of sp³-hybridized carbons (Fsp3) is 0. The van der Waals surface area contributed by atoms with Crippen molar-refractivity contribution in [2.45, 2.75) is 0 Å². The molecule has 0 aliphatic rings. The van der Waals surface area contributed by atoms with Gasteiger partial charge in [0.25, 0.3) is 0 Å². The minimum absolute atomic E-state index is 0.121. The average Bonchev–Trinajstić information content (AvgIpc) is 3.79. The summed E-state index contributed by atoms with van der Waals surface area (Å²) in [5.74, 6) is 1.33. The SMILES string of the molecule is [2H]c1c([2H])c([2H])c2c(-c3ccc4ccc5cccnc5c4n3)c([2H])c([2H])c(-c3cccc(-c4c(-c5ccccc5)oc(-c5cc6ccccc6c6ccccc56)c4-c4ccccc4)c3)c2c1[2H]. The molecule has 0 atom stereocenters. The van der Waals surface area contributed by atoms with E-state index in [4.69, 9.17) is 12.1 Å². The molecule has 0 saturated heterocycles. The van der Waals surface area contributed by atoms with Crippen molar-refractivity contribution in [3.63, 3.8) is 0 Å². The fourth-order valence-corrected chi connectivity index (χ4v) is 8.85. The predicted octanol–water partition coefficient (Wildman–Crippen LogP) is 15.8. The van der Waals surface area contributed by atoms with Crippen LogP contribution in [0.1, 0.15) is 8.22 Å². The third kappa shape index (κ3) is 5.82. The molecule has 0 N–H and O–H groups in total. The largest absolute Gasteiger partial charge is 0.455 e. The molecule has 0 aliphatic heterocycles. The van der Waals surface area contributed by atoms with Gasteiger partial charge < -0.3 is 4.42 Å². The van der Waals surface area contributed by atoms with Crippen LogP contribution in [0.25, 0.3) is 121 Å². The second-order valence-electron chi connectivity index (χ2n) is 15.2. The second-order valence-corrected chi connectivity index (χ2v) is 15.2. The van der Waals surface area contributed by atoms with Gasteiger partial charge in [-0.15, -0.1) is 0 Å². The first-order valence-electron chi connectivity index (χ1n) is 23.2. The van der Waals surface area contributed by atoms with Crippen molar-refractivity contribution in [1.82, 2.24) is 9.97 Å². The number of nitrogens with zero attached hydrogens (tertiary/aromatic N) is 2. The molecule has 0 fully saturated rings. The lowest BCUT2D eigenvalue weighted by Crippen LogP contribution is -1.91. The van der Waals surface area contributed by atoms with Crippen molar-refractivity contribution >= 4 is 54.1 Å². The molecule has 0 unspecified atom stereocenters. The van der Waals surface area contributed by atoms with Gasteiger partial charge in [-0.1, -0.05) is 188 Å². The predicted molar refractivity (Wildman–Crippen MR) is 254 cm³/mol. The van der Waals surface area contributed by atoms with Crippen LogP contribution in [-0.4, -0.2) is 9.97 Å². The van der Waals surface area contributed by atoms with Crippen LogP contribution in [0, 0.1) is 0 Å². The summed E-state index contributed by atoms with van der Waals surface area (Å²) >= 11 is 0. The Morgan fingerprint density at radius 2 is 0.984 bits per heavy atom. The molecule has 12 rings (SSSR count). The van der Waals surface area contributed by atoms with E-state index in [1.54, 1.807) is 12.3 Å². The third-order valence-electron chi connectivity index (χ3n) is 11.6. The van der Waals surface area contributed by atoms with Crippen LogP contribution in [0.5, 0.6) is 0 Å². The average molecular weight is 783 g/mol. The van der Waals surface area contributed by atoms with Crippen molar-refractivity contribution in [2.75, 3.05) is 0 Å². The minimum atomic E-state index is -0.435. The Balaban J connectivity index is 1.15. The number of hydrogen-bond donors (Lipinski definition) is 0. The Morgan fingerprint density at radius 1 is 0.377 bits per heavy atom. The number of fused-ring (bicyclic) bond motifs is 7.